The summed E-state index contributed by atoms with van der Waals surface area (Å²) in [4.78, 5) is 16.8. The highest BCUT2D eigenvalue weighted by atomic mass is 16.5. The molecule has 3 atom stereocenters. The van der Waals surface area contributed by atoms with Gasteiger partial charge in [-0.1, -0.05) is 24.2 Å². The molecule has 7 heteroatoms. The fourth-order valence-corrected chi connectivity index (χ4v) is 3.48. The average Bonchev–Trinajstić information content (AvgIpc) is 3.19. The van der Waals surface area contributed by atoms with E-state index in [0.29, 0.717) is 30.0 Å². The maximum Gasteiger partial charge on any atom is 0.249 e. The number of nitrogens with one attached hydrogen (secondary N) is 2. The van der Waals surface area contributed by atoms with Crippen molar-refractivity contribution >= 4 is 5.91 Å². The highest BCUT2D eigenvalue weighted by Crippen LogP contribution is 2.24. The van der Waals surface area contributed by atoms with E-state index in [2.05, 4.69) is 27.7 Å². The normalized spacial score (nSPS) is 19.3. The molecule has 3 unspecified atom stereocenters. The number of hydrogen-bond acceptors (Lipinski definition) is 6. The number of carbonyl (C=O) groups is 1. The Bertz CT molecular complexity index is 755. The molecule has 1 aromatic carbocycles. The van der Waals surface area contributed by atoms with Crippen LogP contribution in [0.2, 0.25) is 0 Å². The third-order valence-corrected chi connectivity index (χ3v) is 5.16. The van der Waals surface area contributed by atoms with E-state index in [4.69, 9.17) is 9.26 Å². The van der Waals surface area contributed by atoms with Gasteiger partial charge in [-0.2, -0.15) is 4.98 Å². The Kier molecular flexibility index (Phi) is 6.45. The van der Waals surface area contributed by atoms with E-state index in [1.54, 1.807) is 7.11 Å². The summed E-state index contributed by atoms with van der Waals surface area (Å²) in [6, 6.07) is 7.13. The molecule has 146 valence electrons. The fraction of sp³-hybridized carbons (Fsp3) is 0.550. The number of hydrogen-bond donors (Lipinski definition) is 2. The second-order valence-corrected chi connectivity index (χ2v) is 7.27. The number of methoxy groups -OCH3 is 1. The van der Waals surface area contributed by atoms with Crippen molar-refractivity contribution in [3.63, 3.8) is 0 Å². The number of nitrogens with zero attached hydrogens (tertiary/aromatic N) is 2. The minimum absolute atomic E-state index is 0.0155. The van der Waals surface area contributed by atoms with Crippen LogP contribution in [0.4, 0.5) is 0 Å². The van der Waals surface area contributed by atoms with Gasteiger partial charge in [-0.15, -0.1) is 0 Å². The van der Waals surface area contributed by atoms with Crippen LogP contribution in [0.3, 0.4) is 0 Å². The molecule has 2 aromatic rings. The van der Waals surface area contributed by atoms with E-state index in [1.165, 1.54) is 12.8 Å². The summed E-state index contributed by atoms with van der Waals surface area (Å²) in [5.74, 6) is 2.52. The average molecular weight is 372 g/mol. The Hall–Kier alpha value is -2.41. The van der Waals surface area contributed by atoms with Crippen molar-refractivity contribution < 1.29 is 14.1 Å². The molecule has 2 heterocycles. The Morgan fingerprint density at radius 2 is 2.30 bits per heavy atom. The molecule has 0 radical (unpaired) electrons. The summed E-state index contributed by atoms with van der Waals surface area (Å²) >= 11 is 0. The van der Waals surface area contributed by atoms with Crippen molar-refractivity contribution in [1.29, 1.82) is 0 Å². The Morgan fingerprint density at radius 3 is 3.04 bits per heavy atom. The lowest BCUT2D eigenvalue weighted by Gasteiger charge is -2.28. The van der Waals surface area contributed by atoms with Crippen LogP contribution in [0.25, 0.3) is 11.4 Å². The Balaban J connectivity index is 1.57. The van der Waals surface area contributed by atoms with Crippen LogP contribution in [0, 0.1) is 11.8 Å². The van der Waals surface area contributed by atoms with E-state index in [1.807, 2.05) is 31.2 Å². The zero-order chi connectivity index (χ0) is 19.2. The maximum atomic E-state index is 12.4. The molecule has 2 N–H and O–H groups in total. The van der Waals surface area contributed by atoms with Crippen molar-refractivity contribution in [2.45, 2.75) is 39.2 Å². The molecule has 1 saturated heterocycles. The maximum absolute atomic E-state index is 12.4. The van der Waals surface area contributed by atoms with Crippen LogP contribution in [0.1, 0.15) is 45.0 Å². The first-order chi connectivity index (χ1) is 13.1. The number of carbonyl (C=O) groups excluding carboxylic acids is 1. The van der Waals surface area contributed by atoms with Crippen molar-refractivity contribution in [2.75, 3.05) is 20.2 Å². The zero-order valence-corrected chi connectivity index (χ0v) is 16.2. The number of rotatable bonds is 7. The highest BCUT2D eigenvalue weighted by Gasteiger charge is 2.24. The molecule has 0 spiro atoms. The third-order valence-electron chi connectivity index (χ3n) is 5.16. The lowest BCUT2D eigenvalue weighted by molar-refractivity contribution is -0.123. The third kappa shape index (κ3) is 5.07. The van der Waals surface area contributed by atoms with Crippen LogP contribution in [0.5, 0.6) is 5.75 Å². The van der Waals surface area contributed by atoms with Gasteiger partial charge in [0.1, 0.15) is 11.8 Å². The highest BCUT2D eigenvalue weighted by molar-refractivity contribution is 5.76. The van der Waals surface area contributed by atoms with Crippen LogP contribution >= 0.6 is 0 Å². The quantitative estimate of drug-likeness (QED) is 0.777. The van der Waals surface area contributed by atoms with Crippen molar-refractivity contribution in [1.82, 2.24) is 20.8 Å². The molecule has 1 aliphatic rings. The fourth-order valence-electron chi connectivity index (χ4n) is 3.48. The van der Waals surface area contributed by atoms with Gasteiger partial charge in [0.25, 0.3) is 0 Å². The molecule has 27 heavy (non-hydrogen) atoms. The van der Waals surface area contributed by atoms with Crippen LogP contribution in [0.15, 0.2) is 28.8 Å². The first kappa shape index (κ1) is 19.4. The predicted molar refractivity (Wildman–Crippen MR) is 102 cm³/mol. The number of piperidine rings is 1. The van der Waals surface area contributed by atoms with Crippen molar-refractivity contribution in [2.24, 2.45) is 11.8 Å². The van der Waals surface area contributed by atoms with Crippen LogP contribution in [-0.2, 0) is 4.79 Å². The van der Waals surface area contributed by atoms with Gasteiger partial charge in [-0.3, -0.25) is 4.79 Å². The largest absolute Gasteiger partial charge is 0.497 e. The summed E-state index contributed by atoms with van der Waals surface area (Å²) in [5.41, 5.74) is 0.807. The minimum atomic E-state index is -0.332. The first-order valence-corrected chi connectivity index (χ1v) is 9.55. The molecule has 1 aromatic heterocycles. The van der Waals surface area contributed by atoms with E-state index >= 15 is 0 Å². The molecule has 0 saturated carbocycles. The molecular weight excluding hydrogens is 344 g/mol. The molecule has 7 nitrogen and oxygen atoms in total. The summed E-state index contributed by atoms with van der Waals surface area (Å²) in [5, 5.41) is 10.4. The van der Waals surface area contributed by atoms with Gasteiger partial charge < -0.3 is 19.9 Å². The summed E-state index contributed by atoms with van der Waals surface area (Å²) in [6.07, 6.45) is 2.88. The lowest BCUT2D eigenvalue weighted by atomic mass is 9.85. The molecular formula is C20H28N4O3. The Labute approximate surface area is 159 Å². The van der Waals surface area contributed by atoms with E-state index in [0.717, 1.165) is 24.4 Å². The second kappa shape index (κ2) is 8.99. The molecule has 1 amide bonds. The molecule has 1 fully saturated rings. The topological polar surface area (TPSA) is 89.3 Å². The molecule has 3 rings (SSSR count). The summed E-state index contributed by atoms with van der Waals surface area (Å²) in [6.45, 7) is 6.08. The standard InChI is InChI=1S/C20H28N4O3/c1-13(16-7-5-9-21-12-16)10-18(25)22-14(2)20-23-19(24-27-20)15-6-4-8-17(11-15)26-3/h4,6,8,11,13-14,16,21H,5,7,9-10,12H2,1-3H3,(H,22,25). The van der Waals surface area contributed by atoms with Crippen molar-refractivity contribution in [3.05, 3.63) is 30.2 Å². The number of benzene rings is 1. The first-order valence-electron chi connectivity index (χ1n) is 9.55. The summed E-state index contributed by atoms with van der Waals surface area (Å²) < 4.78 is 10.6. The summed E-state index contributed by atoms with van der Waals surface area (Å²) in [7, 11) is 1.61. The molecule has 0 bridgehead atoms. The minimum Gasteiger partial charge on any atom is -0.497 e. The van der Waals surface area contributed by atoms with Crippen LogP contribution in [-0.4, -0.2) is 36.2 Å². The smallest absolute Gasteiger partial charge is 0.249 e. The molecule has 0 aliphatic carbocycles. The lowest BCUT2D eigenvalue weighted by Crippen LogP contribution is -2.36. The predicted octanol–water partition coefficient (Wildman–Crippen LogP) is 2.95. The monoisotopic (exact) mass is 372 g/mol. The van der Waals surface area contributed by atoms with Gasteiger partial charge in [-0.25, -0.2) is 0 Å². The van der Waals surface area contributed by atoms with Gasteiger partial charge >= 0.3 is 0 Å². The van der Waals surface area contributed by atoms with Crippen molar-refractivity contribution in [3.8, 4) is 17.1 Å². The van der Waals surface area contributed by atoms with Gasteiger partial charge in [0, 0.05) is 12.0 Å². The number of aromatic nitrogens is 2. The van der Waals surface area contributed by atoms with E-state index in [-0.39, 0.29) is 11.9 Å². The number of amides is 1. The van der Waals surface area contributed by atoms with E-state index < -0.39 is 0 Å². The second-order valence-electron chi connectivity index (χ2n) is 7.27. The van der Waals surface area contributed by atoms with Gasteiger partial charge in [-0.05, 0) is 56.8 Å². The Morgan fingerprint density at radius 1 is 1.44 bits per heavy atom. The zero-order valence-electron chi connectivity index (χ0n) is 16.2. The number of ether oxygens (including phenoxy) is 1. The van der Waals surface area contributed by atoms with Gasteiger partial charge in [0.15, 0.2) is 0 Å². The van der Waals surface area contributed by atoms with Crippen LogP contribution < -0.4 is 15.4 Å². The SMILES string of the molecule is COc1cccc(-c2noc(C(C)NC(=O)CC(C)C3CCCNC3)n2)c1. The van der Waals surface area contributed by atoms with Gasteiger partial charge in [0.05, 0.1) is 7.11 Å². The van der Waals surface area contributed by atoms with Gasteiger partial charge in [0.2, 0.25) is 17.6 Å². The molecule has 1 aliphatic heterocycles. The van der Waals surface area contributed by atoms with E-state index in [9.17, 15) is 4.79 Å².